The summed E-state index contributed by atoms with van der Waals surface area (Å²) < 4.78 is 5.72. The van der Waals surface area contributed by atoms with Gasteiger partial charge in [0.2, 0.25) is 0 Å². The van der Waals surface area contributed by atoms with Crippen molar-refractivity contribution in [1.82, 2.24) is 15.0 Å². The van der Waals surface area contributed by atoms with Gasteiger partial charge in [-0.15, -0.1) is 0 Å². The molecule has 0 aromatic carbocycles. The van der Waals surface area contributed by atoms with E-state index in [1.54, 1.807) is 23.7 Å². The Morgan fingerprint density at radius 2 is 1.94 bits per heavy atom. The second-order valence-electron chi connectivity index (χ2n) is 4.34. The molecule has 0 radical (unpaired) electrons. The lowest BCUT2D eigenvalue weighted by molar-refractivity contribution is -0.00521. The van der Waals surface area contributed by atoms with Crippen LogP contribution in [0, 0.1) is 0 Å². The van der Waals surface area contributed by atoms with Gasteiger partial charge in [0.1, 0.15) is 0 Å². The van der Waals surface area contributed by atoms with Gasteiger partial charge in [-0.2, -0.15) is 4.98 Å². The lowest BCUT2D eigenvalue weighted by Gasteiger charge is -2.34. The Bertz CT molecular complexity index is 486. The van der Waals surface area contributed by atoms with Crippen molar-refractivity contribution in [3.05, 3.63) is 12.4 Å². The molecule has 1 fully saturated rings. The Kier molecular flexibility index (Phi) is 2.68. The number of morpholine rings is 1. The summed E-state index contributed by atoms with van der Waals surface area (Å²) in [4.78, 5) is 16.2. The van der Waals surface area contributed by atoms with Gasteiger partial charge in [-0.1, -0.05) is 11.3 Å². The van der Waals surface area contributed by atoms with Crippen molar-refractivity contribution in [3.8, 4) is 0 Å². The van der Waals surface area contributed by atoms with Crippen LogP contribution in [0.15, 0.2) is 12.4 Å². The van der Waals surface area contributed by atoms with Crippen LogP contribution in [0.4, 0.5) is 5.13 Å². The molecule has 0 N–H and O–H groups in total. The van der Waals surface area contributed by atoms with E-state index in [1.165, 1.54) is 0 Å². The Balaban J connectivity index is 1.92. The molecule has 0 amide bonds. The fourth-order valence-electron chi connectivity index (χ4n) is 2.14. The van der Waals surface area contributed by atoms with Crippen LogP contribution >= 0.6 is 11.3 Å². The van der Waals surface area contributed by atoms with Gasteiger partial charge in [-0.3, -0.25) is 0 Å². The number of thiazole rings is 1. The molecule has 2 atom stereocenters. The molecule has 3 heterocycles. The third kappa shape index (κ3) is 2.10. The standard InChI is InChI=1S/C11H14N4OS/c1-7-5-15(6-8(2)16-7)11-14-9-10(17-11)13-4-3-12-9/h3-4,7-8H,5-6H2,1-2H3/t7-,8-/m0/s1. The van der Waals surface area contributed by atoms with Crippen LogP contribution in [0.2, 0.25) is 0 Å². The summed E-state index contributed by atoms with van der Waals surface area (Å²) >= 11 is 1.59. The number of fused-ring (bicyclic) bond motifs is 1. The molecule has 3 rings (SSSR count). The molecular weight excluding hydrogens is 236 g/mol. The first-order valence-corrected chi connectivity index (χ1v) is 6.52. The largest absolute Gasteiger partial charge is 0.372 e. The fourth-order valence-corrected chi connectivity index (χ4v) is 3.02. The van der Waals surface area contributed by atoms with Gasteiger partial charge in [0.15, 0.2) is 15.6 Å². The van der Waals surface area contributed by atoms with Crippen molar-refractivity contribution in [3.63, 3.8) is 0 Å². The van der Waals surface area contributed by atoms with Crippen molar-refractivity contribution in [2.45, 2.75) is 26.1 Å². The lowest BCUT2D eigenvalue weighted by atomic mass is 10.2. The van der Waals surface area contributed by atoms with Crippen molar-refractivity contribution < 1.29 is 4.74 Å². The number of rotatable bonds is 1. The van der Waals surface area contributed by atoms with Gasteiger partial charge in [0.05, 0.1) is 12.2 Å². The molecular formula is C11H14N4OS. The van der Waals surface area contributed by atoms with Crippen molar-refractivity contribution in [1.29, 1.82) is 0 Å². The van der Waals surface area contributed by atoms with E-state index < -0.39 is 0 Å². The minimum absolute atomic E-state index is 0.242. The van der Waals surface area contributed by atoms with Crippen LogP contribution in [0.3, 0.4) is 0 Å². The van der Waals surface area contributed by atoms with Gasteiger partial charge in [-0.25, -0.2) is 9.97 Å². The summed E-state index contributed by atoms with van der Waals surface area (Å²) in [6.45, 7) is 5.94. The third-order valence-corrected chi connectivity index (χ3v) is 3.74. The van der Waals surface area contributed by atoms with E-state index in [2.05, 4.69) is 33.7 Å². The molecule has 2 aromatic rings. The lowest BCUT2D eigenvalue weighted by Crippen LogP contribution is -2.45. The zero-order valence-corrected chi connectivity index (χ0v) is 10.6. The highest BCUT2D eigenvalue weighted by atomic mass is 32.1. The minimum atomic E-state index is 0.242. The number of nitrogens with zero attached hydrogens (tertiary/aromatic N) is 4. The van der Waals surface area contributed by atoms with Crippen LogP contribution in [-0.4, -0.2) is 40.2 Å². The van der Waals surface area contributed by atoms with E-state index in [0.717, 1.165) is 28.7 Å². The van der Waals surface area contributed by atoms with Gasteiger partial charge < -0.3 is 9.64 Å². The number of ether oxygens (including phenoxy) is 1. The van der Waals surface area contributed by atoms with E-state index in [9.17, 15) is 0 Å². The Hall–Kier alpha value is -1.27. The van der Waals surface area contributed by atoms with Crippen molar-refractivity contribution >= 4 is 26.9 Å². The average molecular weight is 250 g/mol. The van der Waals surface area contributed by atoms with Crippen molar-refractivity contribution in [2.75, 3.05) is 18.0 Å². The monoisotopic (exact) mass is 250 g/mol. The maximum Gasteiger partial charge on any atom is 0.191 e. The topological polar surface area (TPSA) is 51.1 Å². The molecule has 90 valence electrons. The van der Waals surface area contributed by atoms with Gasteiger partial charge in [-0.05, 0) is 13.8 Å². The highest BCUT2D eigenvalue weighted by Crippen LogP contribution is 2.28. The maximum atomic E-state index is 5.72. The fraction of sp³-hybridized carbons (Fsp3) is 0.545. The summed E-state index contributed by atoms with van der Waals surface area (Å²) in [5.41, 5.74) is 0.735. The second kappa shape index (κ2) is 4.19. The number of aromatic nitrogens is 3. The van der Waals surface area contributed by atoms with E-state index in [-0.39, 0.29) is 12.2 Å². The molecule has 1 aliphatic heterocycles. The summed E-state index contributed by atoms with van der Waals surface area (Å²) in [6, 6.07) is 0. The van der Waals surface area contributed by atoms with Crippen LogP contribution in [-0.2, 0) is 4.74 Å². The van der Waals surface area contributed by atoms with Crippen LogP contribution in [0.25, 0.3) is 10.5 Å². The highest BCUT2D eigenvalue weighted by Gasteiger charge is 2.24. The summed E-state index contributed by atoms with van der Waals surface area (Å²) in [5.74, 6) is 0. The zero-order chi connectivity index (χ0) is 11.8. The normalized spacial score (nSPS) is 25.4. The van der Waals surface area contributed by atoms with Crippen molar-refractivity contribution in [2.24, 2.45) is 0 Å². The predicted octanol–water partition coefficient (Wildman–Crippen LogP) is 1.70. The Morgan fingerprint density at radius 3 is 2.65 bits per heavy atom. The number of hydrogen-bond donors (Lipinski definition) is 0. The summed E-state index contributed by atoms with van der Waals surface area (Å²) in [5, 5.41) is 0.994. The van der Waals surface area contributed by atoms with Gasteiger partial charge in [0, 0.05) is 25.5 Å². The molecule has 17 heavy (non-hydrogen) atoms. The molecule has 0 aliphatic carbocycles. The average Bonchev–Trinajstić information content (AvgIpc) is 2.71. The van der Waals surface area contributed by atoms with Gasteiger partial charge in [0.25, 0.3) is 0 Å². The molecule has 0 unspecified atom stereocenters. The maximum absolute atomic E-state index is 5.72. The molecule has 5 nitrogen and oxygen atoms in total. The molecule has 0 spiro atoms. The van der Waals surface area contributed by atoms with Crippen LogP contribution in [0.1, 0.15) is 13.8 Å². The van der Waals surface area contributed by atoms with E-state index in [4.69, 9.17) is 4.74 Å². The number of anilines is 1. The second-order valence-corrected chi connectivity index (χ2v) is 5.30. The molecule has 6 heteroatoms. The van der Waals surface area contributed by atoms with E-state index in [1.807, 2.05) is 0 Å². The SMILES string of the molecule is C[C@H]1CN(c2nc3nccnc3s2)C[C@H](C)O1. The molecule has 2 aromatic heterocycles. The Morgan fingerprint density at radius 1 is 1.24 bits per heavy atom. The molecule has 0 saturated carbocycles. The summed E-state index contributed by atoms with van der Waals surface area (Å²) in [6.07, 6.45) is 3.86. The smallest absolute Gasteiger partial charge is 0.191 e. The Labute approximate surface area is 103 Å². The first kappa shape index (κ1) is 10.9. The van der Waals surface area contributed by atoms with Crippen LogP contribution in [0.5, 0.6) is 0 Å². The van der Waals surface area contributed by atoms with Gasteiger partial charge >= 0.3 is 0 Å². The minimum Gasteiger partial charge on any atom is -0.372 e. The molecule has 1 aliphatic rings. The first-order chi connectivity index (χ1) is 8.22. The third-order valence-electron chi connectivity index (χ3n) is 2.73. The highest BCUT2D eigenvalue weighted by molar-refractivity contribution is 7.21. The first-order valence-electron chi connectivity index (χ1n) is 5.70. The van der Waals surface area contributed by atoms with E-state index >= 15 is 0 Å². The van der Waals surface area contributed by atoms with E-state index in [0.29, 0.717) is 0 Å². The summed E-state index contributed by atoms with van der Waals surface area (Å²) in [7, 11) is 0. The molecule has 1 saturated heterocycles. The molecule has 0 bridgehead atoms. The number of hydrogen-bond acceptors (Lipinski definition) is 6. The predicted molar refractivity (Wildman–Crippen MR) is 67.4 cm³/mol. The zero-order valence-electron chi connectivity index (χ0n) is 9.83. The quantitative estimate of drug-likeness (QED) is 0.771. The van der Waals surface area contributed by atoms with Crippen LogP contribution < -0.4 is 4.90 Å².